The Balaban J connectivity index is 0.00000324. The fraction of sp³-hybridized carbons (Fsp3) is 0.200. The van der Waals surface area contributed by atoms with Crippen LogP contribution in [0.5, 0.6) is 0 Å². The SMILES string of the molecule is Cl.NNc1ccc(C(O)(C(=O)O)C(O)C(=O)O)cc1. The molecule has 19 heavy (non-hydrogen) atoms. The number of aliphatic hydroxyl groups is 2. The highest BCUT2D eigenvalue weighted by Crippen LogP contribution is 2.27. The van der Waals surface area contributed by atoms with Gasteiger partial charge in [0.2, 0.25) is 5.60 Å². The highest BCUT2D eigenvalue weighted by atomic mass is 35.5. The van der Waals surface area contributed by atoms with Crippen LogP contribution in [0, 0.1) is 0 Å². The maximum absolute atomic E-state index is 11.0. The molecule has 0 fully saturated rings. The summed E-state index contributed by atoms with van der Waals surface area (Å²) in [5.74, 6) is 1.39. The molecule has 0 saturated heterocycles. The summed E-state index contributed by atoms with van der Waals surface area (Å²) in [6, 6.07) is 4.96. The van der Waals surface area contributed by atoms with Crippen LogP contribution >= 0.6 is 12.4 Å². The Bertz CT molecular complexity index is 466. The fourth-order valence-electron chi connectivity index (χ4n) is 1.40. The fourth-order valence-corrected chi connectivity index (χ4v) is 1.40. The third-order valence-corrected chi connectivity index (χ3v) is 2.45. The summed E-state index contributed by atoms with van der Waals surface area (Å²) in [6.45, 7) is 0. The number of benzene rings is 1. The normalized spacial score (nSPS) is 14.7. The number of hydrogen-bond donors (Lipinski definition) is 6. The van der Waals surface area contributed by atoms with Crippen LogP contribution in [-0.4, -0.2) is 38.5 Å². The average Bonchev–Trinajstić information content (AvgIpc) is 2.36. The third kappa shape index (κ3) is 3.12. The van der Waals surface area contributed by atoms with E-state index in [9.17, 15) is 19.8 Å². The average molecular weight is 293 g/mol. The first-order valence-electron chi connectivity index (χ1n) is 4.77. The lowest BCUT2D eigenvalue weighted by Crippen LogP contribution is -2.50. The Hall–Kier alpha value is -1.87. The zero-order valence-corrected chi connectivity index (χ0v) is 10.3. The van der Waals surface area contributed by atoms with Gasteiger partial charge in [-0.15, -0.1) is 12.4 Å². The van der Waals surface area contributed by atoms with Crippen molar-refractivity contribution >= 4 is 30.0 Å². The zero-order valence-electron chi connectivity index (χ0n) is 9.48. The summed E-state index contributed by atoms with van der Waals surface area (Å²) in [6.07, 6.45) is -2.49. The van der Waals surface area contributed by atoms with E-state index in [0.717, 1.165) is 12.1 Å². The van der Waals surface area contributed by atoms with E-state index in [1.807, 2.05) is 0 Å². The lowest BCUT2D eigenvalue weighted by molar-refractivity contribution is -0.185. The topological polar surface area (TPSA) is 153 Å². The monoisotopic (exact) mass is 292 g/mol. The van der Waals surface area contributed by atoms with E-state index in [1.54, 1.807) is 0 Å². The van der Waals surface area contributed by atoms with Gasteiger partial charge < -0.3 is 25.9 Å². The van der Waals surface area contributed by atoms with Gasteiger partial charge in [0.25, 0.3) is 0 Å². The number of rotatable bonds is 5. The molecule has 0 aliphatic heterocycles. The second-order valence-electron chi connectivity index (χ2n) is 3.53. The van der Waals surface area contributed by atoms with E-state index in [1.165, 1.54) is 12.1 Å². The minimum absolute atomic E-state index is 0. The number of nitrogen functional groups attached to an aromatic ring is 1. The summed E-state index contributed by atoms with van der Waals surface area (Å²) in [4.78, 5) is 21.6. The Labute approximate surface area is 113 Å². The number of aliphatic carboxylic acids is 2. The van der Waals surface area contributed by atoms with Crippen molar-refractivity contribution in [3.63, 3.8) is 0 Å². The molecule has 0 spiro atoms. The Morgan fingerprint density at radius 1 is 1.21 bits per heavy atom. The quantitative estimate of drug-likeness (QED) is 0.302. The van der Waals surface area contributed by atoms with Gasteiger partial charge in [-0.2, -0.15) is 0 Å². The first-order valence-corrected chi connectivity index (χ1v) is 4.77. The molecule has 8 nitrogen and oxygen atoms in total. The molecule has 0 aromatic heterocycles. The molecular formula is C10H13ClN2O6. The zero-order chi connectivity index (χ0) is 13.9. The van der Waals surface area contributed by atoms with Crippen molar-refractivity contribution in [1.29, 1.82) is 0 Å². The van der Waals surface area contributed by atoms with Crippen molar-refractivity contribution in [3.8, 4) is 0 Å². The molecule has 0 heterocycles. The van der Waals surface area contributed by atoms with E-state index < -0.39 is 23.6 Å². The van der Waals surface area contributed by atoms with Crippen molar-refractivity contribution < 1.29 is 30.0 Å². The molecule has 1 aromatic carbocycles. The lowest BCUT2D eigenvalue weighted by atomic mass is 9.88. The molecule has 0 aliphatic carbocycles. The molecule has 2 unspecified atom stereocenters. The summed E-state index contributed by atoms with van der Waals surface area (Å²) >= 11 is 0. The molecule has 9 heteroatoms. The number of carbonyl (C=O) groups is 2. The van der Waals surface area contributed by atoms with Gasteiger partial charge in [-0.05, 0) is 17.7 Å². The van der Waals surface area contributed by atoms with Crippen LogP contribution < -0.4 is 11.3 Å². The number of nitrogens with one attached hydrogen (secondary N) is 1. The number of anilines is 1. The van der Waals surface area contributed by atoms with Gasteiger partial charge >= 0.3 is 11.9 Å². The lowest BCUT2D eigenvalue weighted by Gasteiger charge is -2.26. The van der Waals surface area contributed by atoms with E-state index in [0.29, 0.717) is 5.69 Å². The summed E-state index contributed by atoms with van der Waals surface area (Å²) in [5, 5.41) is 36.7. The molecule has 0 radical (unpaired) electrons. The smallest absolute Gasteiger partial charge is 0.343 e. The molecule has 0 aliphatic rings. The van der Waals surface area contributed by atoms with Gasteiger partial charge in [-0.1, -0.05) is 12.1 Å². The number of hydrogen-bond acceptors (Lipinski definition) is 6. The minimum Gasteiger partial charge on any atom is -0.479 e. The predicted octanol–water partition coefficient (Wildman–Crippen LogP) is -0.888. The van der Waals surface area contributed by atoms with Crippen molar-refractivity contribution in [1.82, 2.24) is 0 Å². The Morgan fingerprint density at radius 2 is 1.68 bits per heavy atom. The van der Waals surface area contributed by atoms with E-state index in [-0.39, 0.29) is 18.0 Å². The molecule has 106 valence electrons. The Kier molecular flexibility index (Phi) is 5.72. The van der Waals surface area contributed by atoms with Gasteiger partial charge in [-0.25, -0.2) is 9.59 Å². The molecule has 1 aromatic rings. The molecule has 2 atom stereocenters. The summed E-state index contributed by atoms with van der Waals surface area (Å²) in [5.41, 5.74) is -0.500. The molecular weight excluding hydrogens is 280 g/mol. The number of hydrazine groups is 1. The van der Waals surface area contributed by atoms with Crippen LogP contribution in [0.1, 0.15) is 5.56 Å². The van der Waals surface area contributed by atoms with Gasteiger partial charge in [-0.3, -0.25) is 5.84 Å². The van der Waals surface area contributed by atoms with E-state index in [2.05, 4.69) is 5.43 Å². The standard InChI is InChI=1S/C10H12N2O6.ClH/c11-12-6-3-1-5(2-4-6)10(18,9(16)17)7(13)8(14)15;/h1-4,7,12-13,18H,11H2,(H,14,15)(H,16,17);1H. The van der Waals surface area contributed by atoms with Crippen LogP contribution in [0.2, 0.25) is 0 Å². The van der Waals surface area contributed by atoms with Crippen molar-refractivity contribution in [3.05, 3.63) is 29.8 Å². The van der Waals surface area contributed by atoms with Crippen LogP contribution in [0.4, 0.5) is 5.69 Å². The number of carboxylic acid groups (broad SMARTS) is 2. The second kappa shape index (κ2) is 6.34. The van der Waals surface area contributed by atoms with Crippen LogP contribution in [0.3, 0.4) is 0 Å². The summed E-state index contributed by atoms with van der Waals surface area (Å²) in [7, 11) is 0. The molecule has 7 N–H and O–H groups in total. The highest BCUT2D eigenvalue weighted by Gasteiger charge is 2.49. The molecule has 0 bridgehead atoms. The van der Waals surface area contributed by atoms with Crippen molar-refractivity contribution in [2.24, 2.45) is 5.84 Å². The largest absolute Gasteiger partial charge is 0.479 e. The molecule has 0 amide bonds. The third-order valence-electron chi connectivity index (χ3n) is 2.45. The maximum atomic E-state index is 11.0. The van der Waals surface area contributed by atoms with Gasteiger partial charge in [0.1, 0.15) is 0 Å². The number of nitrogens with two attached hydrogens (primary N) is 1. The number of halogens is 1. The first-order chi connectivity index (χ1) is 8.33. The Morgan fingerprint density at radius 3 is 2.00 bits per heavy atom. The molecule has 1 rings (SSSR count). The second-order valence-corrected chi connectivity index (χ2v) is 3.53. The van der Waals surface area contributed by atoms with Crippen molar-refractivity contribution in [2.45, 2.75) is 11.7 Å². The predicted molar refractivity (Wildman–Crippen MR) is 66.7 cm³/mol. The number of carboxylic acids is 2. The van der Waals surface area contributed by atoms with Crippen LogP contribution in [-0.2, 0) is 15.2 Å². The van der Waals surface area contributed by atoms with Gasteiger partial charge in [0, 0.05) is 5.69 Å². The molecule has 0 saturated carbocycles. The maximum Gasteiger partial charge on any atom is 0.343 e. The van der Waals surface area contributed by atoms with Gasteiger partial charge in [0.05, 0.1) is 0 Å². The summed E-state index contributed by atoms with van der Waals surface area (Å²) < 4.78 is 0. The van der Waals surface area contributed by atoms with Crippen LogP contribution in [0.25, 0.3) is 0 Å². The van der Waals surface area contributed by atoms with E-state index in [4.69, 9.17) is 16.1 Å². The highest BCUT2D eigenvalue weighted by molar-refractivity contribution is 5.88. The van der Waals surface area contributed by atoms with Crippen molar-refractivity contribution in [2.75, 3.05) is 5.43 Å². The number of aliphatic hydroxyl groups excluding tert-OH is 1. The first kappa shape index (κ1) is 17.1. The minimum atomic E-state index is -2.93. The van der Waals surface area contributed by atoms with Gasteiger partial charge in [0.15, 0.2) is 6.10 Å². The van der Waals surface area contributed by atoms with E-state index >= 15 is 0 Å². The van der Waals surface area contributed by atoms with Crippen LogP contribution in [0.15, 0.2) is 24.3 Å².